The van der Waals surface area contributed by atoms with Gasteiger partial charge in [0.15, 0.2) is 0 Å². The maximum Gasteiger partial charge on any atom is 0.0236 e. The van der Waals surface area contributed by atoms with Crippen LogP contribution < -0.4 is 5.73 Å². The second kappa shape index (κ2) is 5.85. The summed E-state index contributed by atoms with van der Waals surface area (Å²) < 4.78 is 0. The zero-order chi connectivity index (χ0) is 13.1. The molecule has 0 amide bonds. The Morgan fingerprint density at radius 3 is 2.78 bits per heavy atom. The Morgan fingerprint density at radius 1 is 1.28 bits per heavy atom. The van der Waals surface area contributed by atoms with E-state index in [0.717, 1.165) is 13.1 Å². The topological polar surface area (TPSA) is 29.3 Å². The van der Waals surface area contributed by atoms with Gasteiger partial charge >= 0.3 is 0 Å². The van der Waals surface area contributed by atoms with Crippen LogP contribution >= 0.6 is 0 Å². The van der Waals surface area contributed by atoms with Crippen molar-refractivity contribution in [3.05, 3.63) is 34.9 Å². The van der Waals surface area contributed by atoms with Crippen LogP contribution in [0.3, 0.4) is 0 Å². The molecule has 0 heterocycles. The molecule has 0 radical (unpaired) electrons. The zero-order valence-electron chi connectivity index (χ0n) is 11.9. The van der Waals surface area contributed by atoms with Gasteiger partial charge in [0.25, 0.3) is 0 Å². The van der Waals surface area contributed by atoms with E-state index in [0.29, 0.717) is 12.0 Å². The molecule has 1 aliphatic rings. The van der Waals surface area contributed by atoms with Crippen LogP contribution in [0.4, 0.5) is 0 Å². The van der Waals surface area contributed by atoms with Crippen LogP contribution in [0.15, 0.2) is 18.2 Å². The largest absolute Gasteiger partial charge is 0.330 e. The molecule has 2 unspecified atom stereocenters. The molecule has 2 heteroatoms. The number of rotatable bonds is 4. The first kappa shape index (κ1) is 13.6. The Labute approximate surface area is 111 Å². The average molecular weight is 246 g/mol. The van der Waals surface area contributed by atoms with Crippen LogP contribution in [0.5, 0.6) is 0 Å². The van der Waals surface area contributed by atoms with Gasteiger partial charge in [-0.25, -0.2) is 0 Å². The highest BCUT2D eigenvalue weighted by Gasteiger charge is 2.29. The van der Waals surface area contributed by atoms with Crippen LogP contribution in [0.25, 0.3) is 0 Å². The molecule has 0 bridgehead atoms. The quantitative estimate of drug-likeness (QED) is 0.885. The SMILES string of the molecule is Cc1ccc(C)c(CN(C)C2CCCC2CN)c1. The minimum atomic E-state index is 0.676. The van der Waals surface area contributed by atoms with Gasteiger partial charge in [-0.1, -0.05) is 30.2 Å². The Bertz CT molecular complexity index is 400. The highest BCUT2D eigenvalue weighted by molar-refractivity contribution is 5.30. The monoisotopic (exact) mass is 246 g/mol. The summed E-state index contributed by atoms with van der Waals surface area (Å²) in [6.45, 7) is 6.26. The van der Waals surface area contributed by atoms with Crippen molar-refractivity contribution >= 4 is 0 Å². The lowest BCUT2D eigenvalue weighted by molar-refractivity contribution is 0.192. The van der Waals surface area contributed by atoms with Crippen molar-refractivity contribution in [2.24, 2.45) is 11.7 Å². The van der Waals surface area contributed by atoms with E-state index in [1.165, 1.54) is 36.0 Å². The summed E-state index contributed by atoms with van der Waals surface area (Å²) in [5, 5.41) is 0. The van der Waals surface area contributed by atoms with Crippen molar-refractivity contribution in [2.45, 2.75) is 45.7 Å². The molecule has 2 nitrogen and oxygen atoms in total. The van der Waals surface area contributed by atoms with Crippen molar-refractivity contribution in [1.82, 2.24) is 4.90 Å². The molecule has 1 saturated carbocycles. The van der Waals surface area contributed by atoms with Crippen LogP contribution in [0.1, 0.15) is 36.0 Å². The van der Waals surface area contributed by atoms with E-state index >= 15 is 0 Å². The predicted molar refractivity (Wildman–Crippen MR) is 77.6 cm³/mol. The van der Waals surface area contributed by atoms with E-state index in [-0.39, 0.29) is 0 Å². The molecule has 0 aromatic heterocycles. The fourth-order valence-electron chi connectivity index (χ4n) is 3.23. The lowest BCUT2D eigenvalue weighted by Gasteiger charge is -2.29. The fourth-order valence-corrected chi connectivity index (χ4v) is 3.23. The van der Waals surface area contributed by atoms with Crippen molar-refractivity contribution in [3.63, 3.8) is 0 Å². The van der Waals surface area contributed by atoms with Crippen LogP contribution in [0, 0.1) is 19.8 Å². The molecule has 2 atom stereocenters. The predicted octanol–water partition coefficient (Wildman–Crippen LogP) is 2.86. The average Bonchev–Trinajstić information content (AvgIpc) is 2.82. The first-order chi connectivity index (χ1) is 8.61. The van der Waals surface area contributed by atoms with Gasteiger partial charge in [0.2, 0.25) is 0 Å². The van der Waals surface area contributed by atoms with Crippen molar-refractivity contribution in [1.29, 1.82) is 0 Å². The summed E-state index contributed by atoms with van der Waals surface area (Å²) in [5.74, 6) is 0.695. The van der Waals surface area contributed by atoms with E-state index in [2.05, 4.69) is 44.0 Å². The number of nitrogens with zero attached hydrogens (tertiary/aromatic N) is 1. The lowest BCUT2D eigenvalue weighted by atomic mass is 10.0. The third-order valence-electron chi connectivity index (χ3n) is 4.41. The standard InChI is InChI=1S/C16H26N2/c1-12-7-8-13(2)15(9-12)11-18(3)16-6-4-5-14(16)10-17/h7-9,14,16H,4-6,10-11,17H2,1-3H3. The summed E-state index contributed by atoms with van der Waals surface area (Å²) >= 11 is 0. The normalized spacial score (nSPS) is 23.8. The number of benzene rings is 1. The Hall–Kier alpha value is -0.860. The molecular formula is C16H26N2. The Balaban J connectivity index is 2.06. The third kappa shape index (κ3) is 2.93. The second-order valence-corrected chi connectivity index (χ2v) is 5.84. The minimum absolute atomic E-state index is 0.676. The highest BCUT2D eigenvalue weighted by atomic mass is 15.1. The van der Waals surface area contributed by atoms with E-state index in [9.17, 15) is 0 Å². The van der Waals surface area contributed by atoms with Gasteiger partial charge in [0.05, 0.1) is 0 Å². The lowest BCUT2D eigenvalue weighted by Crippen LogP contribution is -2.37. The minimum Gasteiger partial charge on any atom is -0.330 e. The molecular weight excluding hydrogens is 220 g/mol. The highest BCUT2D eigenvalue weighted by Crippen LogP contribution is 2.29. The van der Waals surface area contributed by atoms with Gasteiger partial charge in [-0.2, -0.15) is 0 Å². The molecule has 0 spiro atoms. The summed E-state index contributed by atoms with van der Waals surface area (Å²) in [6.07, 6.45) is 3.95. The second-order valence-electron chi connectivity index (χ2n) is 5.84. The van der Waals surface area contributed by atoms with Gasteiger partial charge in [-0.15, -0.1) is 0 Å². The van der Waals surface area contributed by atoms with E-state index in [4.69, 9.17) is 5.73 Å². The third-order valence-corrected chi connectivity index (χ3v) is 4.41. The molecule has 1 aromatic carbocycles. The van der Waals surface area contributed by atoms with Gasteiger partial charge < -0.3 is 5.73 Å². The zero-order valence-corrected chi connectivity index (χ0v) is 11.9. The molecule has 1 fully saturated rings. The van der Waals surface area contributed by atoms with E-state index in [1.807, 2.05) is 0 Å². The maximum absolute atomic E-state index is 5.88. The van der Waals surface area contributed by atoms with Crippen LogP contribution in [-0.2, 0) is 6.54 Å². The molecule has 2 rings (SSSR count). The molecule has 0 aliphatic heterocycles. The van der Waals surface area contributed by atoms with E-state index < -0.39 is 0 Å². The Kier molecular flexibility index (Phi) is 4.41. The van der Waals surface area contributed by atoms with Gasteiger partial charge in [-0.05, 0) is 57.3 Å². The first-order valence-electron chi connectivity index (χ1n) is 7.08. The summed E-state index contributed by atoms with van der Waals surface area (Å²) in [7, 11) is 2.25. The van der Waals surface area contributed by atoms with Crippen molar-refractivity contribution in [3.8, 4) is 0 Å². The molecule has 1 aliphatic carbocycles. The number of nitrogens with two attached hydrogens (primary N) is 1. The fraction of sp³-hybridized carbons (Fsp3) is 0.625. The van der Waals surface area contributed by atoms with E-state index in [1.54, 1.807) is 0 Å². The van der Waals surface area contributed by atoms with Crippen LogP contribution in [0.2, 0.25) is 0 Å². The van der Waals surface area contributed by atoms with Gasteiger partial charge in [-0.3, -0.25) is 4.90 Å². The number of hydrogen-bond donors (Lipinski definition) is 1. The maximum atomic E-state index is 5.88. The molecule has 0 saturated heterocycles. The van der Waals surface area contributed by atoms with Crippen LogP contribution in [-0.4, -0.2) is 24.5 Å². The number of aryl methyl sites for hydroxylation is 2. The van der Waals surface area contributed by atoms with Gasteiger partial charge in [0.1, 0.15) is 0 Å². The smallest absolute Gasteiger partial charge is 0.0236 e. The summed E-state index contributed by atoms with van der Waals surface area (Å²) in [6, 6.07) is 7.41. The Morgan fingerprint density at radius 2 is 2.06 bits per heavy atom. The first-order valence-corrected chi connectivity index (χ1v) is 7.08. The van der Waals surface area contributed by atoms with Gasteiger partial charge in [0, 0.05) is 12.6 Å². The molecule has 100 valence electrons. The summed E-state index contributed by atoms with van der Waals surface area (Å²) in [5.41, 5.74) is 10.1. The number of hydrogen-bond acceptors (Lipinski definition) is 2. The molecule has 2 N–H and O–H groups in total. The molecule has 18 heavy (non-hydrogen) atoms. The summed E-state index contributed by atoms with van der Waals surface area (Å²) in [4.78, 5) is 2.51. The van der Waals surface area contributed by atoms with Crippen molar-refractivity contribution in [2.75, 3.05) is 13.6 Å². The molecule has 1 aromatic rings. The van der Waals surface area contributed by atoms with Crippen molar-refractivity contribution < 1.29 is 0 Å².